The zero-order valence-electron chi connectivity index (χ0n) is 24.0. The molecule has 0 aliphatic carbocycles. The number of piperidine rings is 1. The van der Waals surface area contributed by atoms with E-state index in [2.05, 4.69) is 0 Å². The number of carbonyl (C=O) groups excluding carboxylic acids is 2. The van der Waals surface area contributed by atoms with Crippen LogP contribution in [0.15, 0.2) is 42.5 Å². The Morgan fingerprint density at radius 3 is 2.54 bits per heavy atom. The Bertz CT molecular complexity index is 1220. The molecule has 1 atom stereocenters. The lowest BCUT2D eigenvalue weighted by atomic mass is 9.75. The number of carbonyl (C=O) groups is 2. The summed E-state index contributed by atoms with van der Waals surface area (Å²) in [6, 6.07) is 13.6. The highest BCUT2D eigenvalue weighted by atomic mass is 16.5. The fourth-order valence-electron chi connectivity index (χ4n) is 6.66. The van der Waals surface area contributed by atoms with Crippen LogP contribution in [0.25, 0.3) is 0 Å². The van der Waals surface area contributed by atoms with Crippen LogP contribution in [0.3, 0.4) is 0 Å². The quantitative estimate of drug-likeness (QED) is 0.519. The van der Waals surface area contributed by atoms with E-state index in [4.69, 9.17) is 18.9 Å². The predicted octanol–water partition coefficient (Wildman–Crippen LogP) is 4.88. The van der Waals surface area contributed by atoms with Crippen molar-refractivity contribution >= 4 is 11.8 Å². The minimum absolute atomic E-state index is 0.0352. The molecule has 0 bridgehead atoms. The van der Waals surface area contributed by atoms with Crippen LogP contribution in [0.1, 0.15) is 67.3 Å². The summed E-state index contributed by atoms with van der Waals surface area (Å²) in [6.45, 7) is 5.32. The Labute approximate surface area is 242 Å². The Hall–Kier alpha value is -3.26. The van der Waals surface area contributed by atoms with Crippen molar-refractivity contribution < 1.29 is 28.5 Å². The van der Waals surface area contributed by atoms with Crippen LogP contribution in [0, 0.1) is 5.41 Å². The van der Waals surface area contributed by atoms with Crippen molar-refractivity contribution in [3.8, 4) is 17.2 Å². The maximum atomic E-state index is 13.6. The lowest BCUT2D eigenvalue weighted by molar-refractivity contribution is -0.133. The highest BCUT2D eigenvalue weighted by molar-refractivity contribution is 5.97. The van der Waals surface area contributed by atoms with E-state index in [1.807, 2.05) is 52.3 Å². The van der Waals surface area contributed by atoms with Gasteiger partial charge in [-0.05, 0) is 68.4 Å². The molecule has 0 radical (unpaired) electrons. The van der Waals surface area contributed by atoms with E-state index in [-0.39, 0.29) is 23.3 Å². The fourth-order valence-corrected chi connectivity index (χ4v) is 6.66. The third-order valence-electron chi connectivity index (χ3n) is 9.19. The second-order valence-electron chi connectivity index (χ2n) is 12.0. The van der Waals surface area contributed by atoms with Gasteiger partial charge in [-0.2, -0.15) is 0 Å². The highest BCUT2D eigenvalue weighted by Crippen LogP contribution is 2.39. The molecule has 8 heteroatoms. The lowest BCUT2D eigenvalue weighted by Gasteiger charge is -2.42. The number of nitrogens with zero attached hydrogens (tertiary/aromatic N) is 2. The van der Waals surface area contributed by atoms with Crippen LogP contribution in [-0.2, 0) is 16.0 Å². The summed E-state index contributed by atoms with van der Waals surface area (Å²) in [5, 5.41) is 0. The van der Waals surface area contributed by atoms with Gasteiger partial charge in [-0.15, -0.1) is 0 Å². The lowest BCUT2D eigenvalue weighted by Crippen LogP contribution is -2.46. The second-order valence-corrected chi connectivity index (χ2v) is 12.0. The number of rotatable bonds is 2. The molecule has 2 fully saturated rings. The van der Waals surface area contributed by atoms with Crippen molar-refractivity contribution in [2.75, 3.05) is 52.7 Å². The van der Waals surface area contributed by atoms with Gasteiger partial charge >= 0.3 is 0 Å². The molecule has 41 heavy (non-hydrogen) atoms. The minimum Gasteiger partial charge on any atom is -0.492 e. The van der Waals surface area contributed by atoms with E-state index in [1.54, 1.807) is 0 Å². The van der Waals surface area contributed by atoms with Gasteiger partial charge in [0.1, 0.15) is 5.75 Å². The summed E-state index contributed by atoms with van der Waals surface area (Å²) < 4.78 is 24.1. The van der Waals surface area contributed by atoms with Crippen molar-refractivity contribution in [2.24, 2.45) is 5.41 Å². The molecule has 2 aromatic carbocycles. The van der Waals surface area contributed by atoms with Crippen LogP contribution < -0.4 is 14.2 Å². The van der Waals surface area contributed by atoms with Gasteiger partial charge in [0, 0.05) is 38.1 Å². The maximum absolute atomic E-state index is 13.6. The molecule has 4 heterocycles. The van der Waals surface area contributed by atoms with Crippen LogP contribution in [-0.4, -0.2) is 80.3 Å². The molecule has 2 saturated heterocycles. The van der Waals surface area contributed by atoms with Crippen molar-refractivity contribution in [3.63, 3.8) is 0 Å². The van der Waals surface area contributed by atoms with Gasteiger partial charge in [0.25, 0.3) is 5.91 Å². The fraction of sp³-hybridized carbons (Fsp3) is 0.576. The number of para-hydroxylation sites is 1. The molecule has 0 saturated carbocycles. The summed E-state index contributed by atoms with van der Waals surface area (Å²) in [7, 11) is 0. The molecule has 0 N–H and O–H groups in total. The molecule has 4 aliphatic rings. The van der Waals surface area contributed by atoms with Gasteiger partial charge in [0.2, 0.25) is 5.91 Å². The number of benzene rings is 2. The van der Waals surface area contributed by atoms with Gasteiger partial charge in [-0.1, -0.05) is 24.6 Å². The van der Waals surface area contributed by atoms with Crippen LogP contribution >= 0.6 is 0 Å². The number of hydrogen-bond donors (Lipinski definition) is 0. The monoisotopic (exact) mass is 562 g/mol. The van der Waals surface area contributed by atoms with E-state index < -0.39 is 0 Å². The second kappa shape index (κ2) is 12.7. The van der Waals surface area contributed by atoms with Gasteiger partial charge in [-0.3, -0.25) is 9.59 Å². The molecule has 220 valence electrons. The first-order chi connectivity index (χ1) is 20.1. The third kappa shape index (κ3) is 6.48. The normalized spacial score (nSPS) is 23.1. The molecule has 1 spiro atoms. The first-order valence-electron chi connectivity index (χ1n) is 15.4. The van der Waals surface area contributed by atoms with Gasteiger partial charge in [0.05, 0.1) is 44.5 Å². The number of ether oxygens (including phenoxy) is 4. The predicted molar refractivity (Wildman–Crippen MR) is 155 cm³/mol. The number of fused-ring (bicyclic) bond motifs is 3. The van der Waals surface area contributed by atoms with Crippen molar-refractivity contribution in [3.05, 3.63) is 53.6 Å². The van der Waals surface area contributed by atoms with E-state index in [0.29, 0.717) is 63.9 Å². The summed E-state index contributed by atoms with van der Waals surface area (Å²) in [5.41, 5.74) is 1.54. The first-order valence-corrected chi connectivity index (χ1v) is 15.4. The summed E-state index contributed by atoms with van der Waals surface area (Å²) in [5.74, 6) is 2.31. The van der Waals surface area contributed by atoms with Crippen molar-refractivity contribution in [1.29, 1.82) is 0 Å². The van der Waals surface area contributed by atoms with Gasteiger partial charge < -0.3 is 28.7 Å². The SMILES string of the molecule is O=C(Cc1ccc2c(c1)OCCCO2)N1CCC2(CCCCOC[C@@H]3CCCN3C(=O)c3ccccc3OC2)CC1. The molecule has 0 aromatic heterocycles. The van der Waals surface area contributed by atoms with E-state index in [0.717, 1.165) is 75.0 Å². The Balaban J connectivity index is 1.12. The van der Waals surface area contributed by atoms with Gasteiger partial charge in [0.15, 0.2) is 11.5 Å². The standard InChI is InChI=1S/C33H42N2O6/c36-31(22-25-10-11-29-30(21-25)40-20-6-19-39-29)34-16-13-33(14-17-34)12-3-4-18-38-23-26-7-5-15-35(26)32(37)27-8-1-2-9-28(27)41-24-33/h1-2,8-11,21,26H,3-7,12-20,22-24H2/t26-/m0/s1. The smallest absolute Gasteiger partial charge is 0.257 e. The molecule has 2 aromatic rings. The van der Waals surface area contributed by atoms with Crippen LogP contribution in [0.5, 0.6) is 17.2 Å². The Morgan fingerprint density at radius 2 is 1.66 bits per heavy atom. The molecule has 0 unspecified atom stereocenters. The molecular weight excluding hydrogens is 520 g/mol. The topological polar surface area (TPSA) is 77.5 Å². The first kappa shape index (κ1) is 27.9. The average Bonchev–Trinajstić information content (AvgIpc) is 3.34. The number of hydrogen-bond acceptors (Lipinski definition) is 6. The van der Waals surface area contributed by atoms with E-state index in [9.17, 15) is 9.59 Å². The van der Waals surface area contributed by atoms with Crippen molar-refractivity contribution in [2.45, 2.75) is 63.8 Å². The molecule has 6 rings (SSSR count). The largest absolute Gasteiger partial charge is 0.492 e. The summed E-state index contributed by atoms with van der Waals surface area (Å²) in [4.78, 5) is 30.8. The zero-order valence-corrected chi connectivity index (χ0v) is 24.0. The van der Waals surface area contributed by atoms with Crippen LogP contribution in [0.2, 0.25) is 0 Å². The maximum Gasteiger partial charge on any atom is 0.257 e. The minimum atomic E-state index is -0.0392. The average molecular weight is 563 g/mol. The molecule has 4 aliphatic heterocycles. The molecule has 2 amide bonds. The number of amides is 2. The third-order valence-corrected chi connectivity index (χ3v) is 9.19. The zero-order chi connectivity index (χ0) is 28.1. The van der Waals surface area contributed by atoms with Gasteiger partial charge in [-0.25, -0.2) is 0 Å². The van der Waals surface area contributed by atoms with Crippen molar-refractivity contribution in [1.82, 2.24) is 9.80 Å². The van der Waals surface area contributed by atoms with E-state index in [1.165, 1.54) is 0 Å². The molecule has 8 nitrogen and oxygen atoms in total. The highest BCUT2D eigenvalue weighted by Gasteiger charge is 2.37. The van der Waals surface area contributed by atoms with E-state index >= 15 is 0 Å². The Morgan fingerprint density at radius 1 is 0.829 bits per heavy atom. The molecular formula is C33H42N2O6. The number of likely N-dealkylation sites (tertiary alicyclic amines) is 1. The Kier molecular flexibility index (Phi) is 8.65. The summed E-state index contributed by atoms with van der Waals surface area (Å²) >= 11 is 0. The van der Waals surface area contributed by atoms with Crippen LogP contribution in [0.4, 0.5) is 0 Å². The summed E-state index contributed by atoms with van der Waals surface area (Å²) in [6.07, 6.45) is 8.04.